The smallest absolute Gasteiger partial charge is 0.0850 e. The molecule has 0 aliphatic heterocycles. The van der Waals surface area contributed by atoms with Crippen LogP contribution in [0.2, 0.25) is 5.02 Å². The van der Waals surface area contributed by atoms with Crippen LogP contribution in [-0.2, 0) is 19.4 Å². The second-order valence-electron chi connectivity index (χ2n) is 5.44. The van der Waals surface area contributed by atoms with Crippen molar-refractivity contribution in [2.75, 3.05) is 0 Å². The molecular formula is C17H24ClN3. The normalized spacial score (nSPS) is 14.1. The quantitative estimate of drug-likeness (QED) is 0.882. The van der Waals surface area contributed by atoms with Crippen molar-refractivity contribution in [3.8, 4) is 0 Å². The second-order valence-corrected chi connectivity index (χ2v) is 5.82. The second kappa shape index (κ2) is 7.10. The van der Waals surface area contributed by atoms with E-state index in [9.17, 15) is 0 Å². The van der Waals surface area contributed by atoms with E-state index in [2.05, 4.69) is 50.1 Å². The van der Waals surface area contributed by atoms with Gasteiger partial charge >= 0.3 is 0 Å². The van der Waals surface area contributed by atoms with Gasteiger partial charge in [-0.25, -0.2) is 0 Å². The number of nitrogens with two attached hydrogens (primary N) is 1. The minimum atomic E-state index is 0.0246. The molecule has 0 spiro atoms. The van der Waals surface area contributed by atoms with Gasteiger partial charge in [0.15, 0.2) is 0 Å². The highest BCUT2D eigenvalue weighted by Gasteiger charge is 2.21. The van der Waals surface area contributed by atoms with Crippen molar-refractivity contribution in [2.45, 2.75) is 52.1 Å². The predicted molar refractivity (Wildman–Crippen MR) is 88.8 cm³/mol. The van der Waals surface area contributed by atoms with E-state index in [4.69, 9.17) is 17.3 Å². The van der Waals surface area contributed by atoms with Crippen molar-refractivity contribution in [3.63, 3.8) is 0 Å². The third-order valence-corrected chi connectivity index (χ3v) is 4.53. The van der Waals surface area contributed by atoms with Crippen LogP contribution in [0.15, 0.2) is 30.3 Å². The van der Waals surface area contributed by atoms with Gasteiger partial charge in [0.1, 0.15) is 0 Å². The maximum Gasteiger partial charge on any atom is 0.0850 e. The summed E-state index contributed by atoms with van der Waals surface area (Å²) in [4.78, 5) is 0. The Morgan fingerprint density at radius 2 is 1.90 bits per heavy atom. The lowest BCUT2D eigenvalue weighted by Crippen LogP contribution is -2.30. The van der Waals surface area contributed by atoms with E-state index < -0.39 is 0 Å². The molecule has 1 aromatic carbocycles. The van der Waals surface area contributed by atoms with Crippen LogP contribution in [0.25, 0.3) is 0 Å². The summed E-state index contributed by atoms with van der Waals surface area (Å²) in [5.74, 6) is 0.285. The topological polar surface area (TPSA) is 43.8 Å². The minimum absolute atomic E-state index is 0.0246. The summed E-state index contributed by atoms with van der Waals surface area (Å²) >= 11 is 6.46. The Morgan fingerprint density at radius 3 is 2.48 bits per heavy atom. The molecule has 114 valence electrons. The van der Waals surface area contributed by atoms with Crippen LogP contribution in [0.4, 0.5) is 0 Å². The van der Waals surface area contributed by atoms with Crippen molar-refractivity contribution >= 4 is 11.6 Å². The first kappa shape index (κ1) is 16.1. The minimum Gasteiger partial charge on any atom is -0.327 e. The average Bonchev–Trinajstić information content (AvgIpc) is 2.83. The molecule has 2 atom stereocenters. The Balaban J connectivity index is 2.19. The number of aromatic nitrogens is 2. The average molecular weight is 306 g/mol. The van der Waals surface area contributed by atoms with Crippen molar-refractivity contribution in [2.24, 2.45) is 5.73 Å². The molecule has 4 heteroatoms. The van der Waals surface area contributed by atoms with Gasteiger partial charge in [-0.2, -0.15) is 5.10 Å². The molecule has 1 aromatic heterocycles. The van der Waals surface area contributed by atoms with Crippen LogP contribution in [0.5, 0.6) is 0 Å². The third-order valence-electron chi connectivity index (χ3n) is 4.09. The summed E-state index contributed by atoms with van der Waals surface area (Å²) in [5.41, 5.74) is 9.72. The molecule has 2 rings (SSSR count). The van der Waals surface area contributed by atoms with E-state index in [1.807, 2.05) is 10.7 Å². The molecule has 0 aliphatic rings. The summed E-state index contributed by atoms with van der Waals surface area (Å²) in [6.45, 7) is 7.14. The highest BCUT2D eigenvalue weighted by atomic mass is 35.5. The molecule has 0 saturated carbocycles. The van der Waals surface area contributed by atoms with E-state index in [0.717, 1.165) is 35.8 Å². The highest BCUT2D eigenvalue weighted by Crippen LogP contribution is 2.26. The maximum atomic E-state index is 6.46. The third kappa shape index (κ3) is 3.47. The Labute approximate surface area is 132 Å². The summed E-state index contributed by atoms with van der Waals surface area (Å²) < 4.78 is 1.98. The Hall–Kier alpha value is -1.32. The van der Waals surface area contributed by atoms with Gasteiger partial charge in [-0.1, -0.05) is 55.8 Å². The van der Waals surface area contributed by atoms with Crippen LogP contribution in [0.1, 0.15) is 43.6 Å². The molecule has 1 heterocycles. The number of nitrogens with zero attached hydrogens (tertiary/aromatic N) is 2. The monoisotopic (exact) mass is 305 g/mol. The number of halogens is 1. The van der Waals surface area contributed by atoms with E-state index >= 15 is 0 Å². The first-order chi connectivity index (χ1) is 10.1. The molecular weight excluding hydrogens is 282 g/mol. The van der Waals surface area contributed by atoms with E-state index in [-0.39, 0.29) is 12.0 Å². The van der Waals surface area contributed by atoms with Crippen molar-refractivity contribution < 1.29 is 0 Å². The van der Waals surface area contributed by atoms with Gasteiger partial charge in [0.25, 0.3) is 0 Å². The predicted octanol–water partition coefficient (Wildman–Crippen LogP) is 3.79. The number of rotatable bonds is 6. The molecule has 2 unspecified atom stereocenters. The number of hydrogen-bond donors (Lipinski definition) is 1. The van der Waals surface area contributed by atoms with Crippen molar-refractivity contribution in [1.82, 2.24) is 9.78 Å². The van der Waals surface area contributed by atoms with Gasteiger partial charge in [-0.05, 0) is 24.8 Å². The van der Waals surface area contributed by atoms with Crippen molar-refractivity contribution in [1.29, 1.82) is 0 Å². The van der Waals surface area contributed by atoms with E-state index in [1.54, 1.807) is 0 Å². The largest absolute Gasteiger partial charge is 0.327 e. The maximum absolute atomic E-state index is 6.46. The highest BCUT2D eigenvalue weighted by molar-refractivity contribution is 6.31. The van der Waals surface area contributed by atoms with Crippen LogP contribution in [-0.4, -0.2) is 15.8 Å². The van der Waals surface area contributed by atoms with Gasteiger partial charge in [-0.3, -0.25) is 4.68 Å². The fourth-order valence-corrected chi connectivity index (χ4v) is 2.96. The van der Waals surface area contributed by atoms with E-state index in [0.29, 0.717) is 0 Å². The van der Waals surface area contributed by atoms with Crippen LogP contribution in [0.3, 0.4) is 0 Å². The molecule has 21 heavy (non-hydrogen) atoms. The standard InChI is InChI=1S/C17H24ClN3/c1-4-15-17(18)16(21(5-2)20-15)11-14(19)12(3)13-9-7-6-8-10-13/h6-10,12,14H,4-5,11,19H2,1-3H3. The Kier molecular flexibility index (Phi) is 5.43. The summed E-state index contributed by atoms with van der Waals surface area (Å²) in [6.07, 6.45) is 1.60. The van der Waals surface area contributed by atoms with Crippen LogP contribution >= 0.6 is 11.6 Å². The molecule has 0 aliphatic carbocycles. The Morgan fingerprint density at radius 1 is 1.24 bits per heavy atom. The molecule has 0 saturated heterocycles. The zero-order chi connectivity index (χ0) is 15.4. The summed E-state index contributed by atoms with van der Waals surface area (Å²) in [6, 6.07) is 10.4. The summed E-state index contributed by atoms with van der Waals surface area (Å²) in [7, 11) is 0. The zero-order valence-corrected chi connectivity index (χ0v) is 13.8. The Bertz CT molecular complexity index is 577. The first-order valence-corrected chi connectivity index (χ1v) is 8.00. The lowest BCUT2D eigenvalue weighted by molar-refractivity contribution is 0.526. The van der Waals surface area contributed by atoms with Crippen LogP contribution in [0, 0.1) is 0 Å². The fourth-order valence-electron chi connectivity index (χ4n) is 2.62. The number of aryl methyl sites for hydroxylation is 2. The first-order valence-electron chi connectivity index (χ1n) is 7.63. The number of benzene rings is 1. The number of hydrogen-bond acceptors (Lipinski definition) is 2. The molecule has 0 amide bonds. The fraction of sp³-hybridized carbons (Fsp3) is 0.471. The van der Waals surface area contributed by atoms with Gasteiger partial charge in [0.05, 0.1) is 16.4 Å². The SMILES string of the molecule is CCc1nn(CC)c(CC(N)C(C)c2ccccc2)c1Cl. The molecule has 2 aromatic rings. The molecule has 3 nitrogen and oxygen atoms in total. The van der Waals surface area contributed by atoms with Gasteiger partial charge in [-0.15, -0.1) is 0 Å². The van der Waals surface area contributed by atoms with E-state index in [1.165, 1.54) is 5.56 Å². The van der Waals surface area contributed by atoms with Gasteiger partial charge < -0.3 is 5.73 Å². The molecule has 0 radical (unpaired) electrons. The van der Waals surface area contributed by atoms with Gasteiger partial charge in [0, 0.05) is 19.0 Å². The molecule has 0 fully saturated rings. The summed E-state index contributed by atoms with van der Waals surface area (Å²) in [5, 5.41) is 5.35. The lowest BCUT2D eigenvalue weighted by atomic mass is 9.91. The molecule has 2 N–H and O–H groups in total. The van der Waals surface area contributed by atoms with Crippen molar-refractivity contribution in [3.05, 3.63) is 52.3 Å². The zero-order valence-electron chi connectivity index (χ0n) is 13.0. The lowest BCUT2D eigenvalue weighted by Gasteiger charge is -2.21. The van der Waals surface area contributed by atoms with Gasteiger partial charge in [0.2, 0.25) is 0 Å². The van der Waals surface area contributed by atoms with Crippen LogP contribution < -0.4 is 5.73 Å². The molecule has 0 bridgehead atoms.